The fourth-order valence-electron chi connectivity index (χ4n) is 8.48. The lowest BCUT2D eigenvalue weighted by atomic mass is 9.48. The van der Waals surface area contributed by atoms with Gasteiger partial charge in [-0.05, 0) is 79.4 Å². The first-order chi connectivity index (χ1) is 18.3. The number of hydrogen-bond donors (Lipinski definition) is 1. The molecule has 1 N–H and O–H groups in total. The van der Waals surface area contributed by atoms with Crippen LogP contribution in [0.25, 0.3) is 0 Å². The smallest absolute Gasteiger partial charge is 0.306 e. The Balaban J connectivity index is 1.47. The molecule has 39 heavy (non-hydrogen) atoms. The lowest BCUT2D eigenvalue weighted by molar-refractivity contribution is -0.152. The van der Waals surface area contributed by atoms with Crippen LogP contribution in [0.5, 0.6) is 0 Å². The average molecular weight is 546 g/mol. The molecular weight excluding hydrogens is 498 g/mol. The number of rotatable bonds is 8. The molecule has 0 unspecified atom stereocenters. The molecule has 1 amide bonds. The normalized spacial score (nSPS) is 37.7. The van der Waals surface area contributed by atoms with Gasteiger partial charge in [-0.15, -0.1) is 0 Å². The van der Waals surface area contributed by atoms with E-state index >= 15 is 0 Å². The lowest BCUT2D eigenvalue weighted by Crippen LogP contribution is -2.55. The largest absolute Gasteiger partial charge is 0.466 e. The summed E-state index contributed by atoms with van der Waals surface area (Å²) in [7, 11) is 0. The Bertz CT molecular complexity index is 1010. The monoisotopic (exact) mass is 545 g/mol. The quantitative estimate of drug-likeness (QED) is 0.263. The van der Waals surface area contributed by atoms with E-state index in [0.717, 1.165) is 44.9 Å². The summed E-state index contributed by atoms with van der Waals surface area (Å²) in [6, 6.07) is -0.207. The molecule has 0 spiro atoms. The van der Waals surface area contributed by atoms with E-state index < -0.39 is 0 Å². The van der Waals surface area contributed by atoms with Gasteiger partial charge in [-0.2, -0.15) is 0 Å². The molecule has 0 aromatic rings. The summed E-state index contributed by atoms with van der Waals surface area (Å²) in [4.78, 5) is 47.8. The number of carbonyl (C=O) groups excluding carboxylic acids is 4. The lowest BCUT2D eigenvalue weighted by Gasteiger charge is -2.57. The topological polar surface area (TPSA) is 108 Å². The Hall–Kier alpha value is -2.38. The summed E-state index contributed by atoms with van der Waals surface area (Å²) in [5, 5.41) is 3.18. The minimum Gasteiger partial charge on any atom is -0.466 e. The predicted molar refractivity (Wildman–Crippen MR) is 145 cm³/mol. The van der Waals surface area contributed by atoms with Crippen molar-refractivity contribution in [3.8, 4) is 0 Å². The van der Waals surface area contributed by atoms with Crippen molar-refractivity contribution in [2.24, 2.45) is 34.5 Å². The fourth-order valence-corrected chi connectivity index (χ4v) is 8.48. The van der Waals surface area contributed by atoms with Crippen molar-refractivity contribution in [1.82, 2.24) is 5.32 Å². The third-order valence-electron chi connectivity index (χ3n) is 10.5. The highest BCUT2D eigenvalue weighted by atomic mass is 16.5. The molecule has 0 aromatic carbocycles. The van der Waals surface area contributed by atoms with Gasteiger partial charge in [-0.1, -0.05) is 32.4 Å². The minimum atomic E-state index is -0.350. The number of allylic oxidation sites excluding steroid dienone is 1. The van der Waals surface area contributed by atoms with E-state index in [0.29, 0.717) is 30.8 Å². The van der Waals surface area contributed by atoms with Gasteiger partial charge in [0, 0.05) is 33.6 Å². The van der Waals surface area contributed by atoms with Gasteiger partial charge >= 0.3 is 17.9 Å². The van der Waals surface area contributed by atoms with Gasteiger partial charge in [0.1, 0.15) is 12.2 Å². The minimum absolute atomic E-state index is 0.0246. The van der Waals surface area contributed by atoms with Gasteiger partial charge in [-0.25, -0.2) is 0 Å². The van der Waals surface area contributed by atoms with Crippen molar-refractivity contribution in [2.45, 2.75) is 118 Å². The van der Waals surface area contributed by atoms with E-state index in [2.05, 4.69) is 25.2 Å². The van der Waals surface area contributed by atoms with Crippen LogP contribution in [0.3, 0.4) is 0 Å². The molecule has 3 fully saturated rings. The molecule has 8 nitrogen and oxygen atoms in total. The maximum Gasteiger partial charge on any atom is 0.306 e. The first-order valence-electron chi connectivity index (χ1n) is 14.8. The van der Waals surface area contributed by atoms with Gasteiger partial charge in [0.05, 0.1) is 12.6 Å². The van der Waals surface area contributed by atoms with Crippen molar-refractivity contribution in [3.63, 3.8) is 0 Å². The molecular formula is C31H47NO7. The Morgan fingerprint density at radius 2 is 1.77 bits per heavy atom. The number of carbonyl (C=O) groups is 4. The molecule has 0 saturated heterocycles. The standard InChI is InChI=1S/C31H47NO7/c1-18(17-37-20(3)34)7-10-28(36)39-27-16-26-24-9-8-22-15-23(38-21(4)35)11-13-30(22,5)25(24)12-14-31(26,6)29(27)32-19(2)33/h8,18,23-27,29H,7,9-17H2,1-6H3,(H,32,33)/t18-,23-,24-,25+,26+,27+,29-,30-,31-/m0/s1. The summed E-state index contributed by atoms with van der Waals surface area (Å²) < 4.78 is 16.7. The highest BCUT2D eigenvalue weighted by Crippen LogP contribution is 2.65. The zero-order valence-corrected chi connectivity index (χ0v) is 24.5. The summed E-state index contributed by atoms with van der Waals surface area (Å²) in [5.74, 6) is 0.521. The van der Waals surface area contributed by atoms with Crippen LogP contribution in [-0.4, -0.2) is 48.7 Å². The summed E-state index contributed by atoms with van der Waals surface area (Å²) in [6.45, 7) is 11.3. The highest BCUT2D eigenvalue weighted by molar-refractivity contribution is 5.74. The molecule has 0 aromatic heterocycles. The van der Waals surface area contributed by atoms with Crippen LogP contribution in [-0.2, 0) is 33.4 Å². The Labute approximate surface area is 233 Å². The van der Waals surface area contributed by atoms with E-state index in [4.69, 9.17) is 14.2 Å². The van der Waals surface area contributed by atoms with Crippen LogP contribution in [0.2, 0.25) is 0 Å². The Morgan fingerprint density at radius 3 is 2.44 bits per heavy atom. The maximum absolute atomic E-state index is 12.9. The highest BCUT2D eigenvalue weighted by Gasteiger charge is 2.62. The Morgan fingerprint density at radius 1 is 1.03 bits per heavy atom. The van der Waals surface area contributed by atoms with Crippen LogP contribution in [0.1, 0.15) is 99.3 Å². The number of fused-ring (bicyclic) bond motifs is 5. The fraction of sp³-hybridized carbons (Fsp3) is 0.806. The van der Waals surface area contributed by atoms with Crippen molar-refractivity contribution in [3.05, 3.63) is 11.6 Å². The first-order valence-corrected chi connectivity index (χ1v) is 14.8. The number of nitrogens with one attached hydrogen (secondary N) is 1. The van der Waals surface area contributed by atoms with Crippen molar-refractivity contribution >= 4 is 23.8 Å². The van der Waals surface area contributed by atoms with Gasteiger partial charge in [0.15, 0.2) is 0 Å². The van der Waals surface area contributed by atoms with Crippen molar-refractivity contribution in [1.29, 1.82) is 0 Å². The summed E-state index contributed by atoms with van der Waals surface area (Å²) in [6.07, 6.45) is 9.38. The van der Waals surface area contributed by atoms with E-state index in [9.17, 15) is 19.2 Å². The van der Waals surface area contributed by atoms with E-state index in [1.54, 1.807) is 0 Å². The second kappa shape index (κ2) is 11.6. The third-order valence-corrected chi connectivity index (χ3v) is 10.5. The maximum atomic E-state index is 12.9. The second-order valence-electron chi connectivity index (χ2n) is 13.2. The average Bonchev–Trinajstić information content (AvgIpc) is 3.12. The first kappa shape index (κ1) is 29.6. The van der Waals surface area contributed by atoms with E-state index in [1.807, 2.05) is 6.92 Å². The molecule has 3 saturated carbocycles. The number of hydrogen-bond acceptors (Lipinski definition) is 7. The van der Waals surface area contributed by atoms with Gasteiger partial charge in [-0.3, -0.25) is 19.2 Å². The van der Waals surface area contributed by atoms with Gasteiger partial charge in [0.25, 0.3) is 0 Å². The molecule has 0 radical (unpaired) electrons. The molecule has 0 aliphatic heterocycles. The number of ether oxygens (including phenoxy) is 3. The van der Waals surface area contributed by atoms with Gasteiger partial charge < -0.3 is 19.5 Å². The molecule has 4 aliphatic rings. The second-order valence-corrected chi connectivity index (χ2v) is 13.2. The molecule has 0 bridgehead atoms. The molecule has 0 heterocycles. The van der Waals surface area contributed by atoms with Crippen LogP contribution >= 0.6 is 0 Å². The molecule has 4 rings (SSSR count). The zero-order chi connectivity index (χ0) is 28.5. The van der Waals surface area contributed by atoms with Crippen LogP contribution in [0, 0.1) is 34.5 Å². The summed E-state index contributed by atoms with van der Waals surface area (Å²) >= 11 is 0. The van der Waals surface area contributed by atoms with E-state index in [1.165, 1.54) is 26.3 Å². The summed E-state index contributed by atoms with van der Waals surface area (Å²) in [5.41, 5.74) is 1.39. The zero-order valence-electron chi connectivity index (χ0n) is 24.5. The van der Waals surface area contributed by atoms with Crippen LogP contribution in [0.4, 0.5) is 0 Å². The van der Waals surface area contributed by atoms with Gasteiger partial charge in [0.2, 0.25) is 5.91 Å². The Kier molecular flexibility index (Phi) is 8.82. The van der Waals surface area contributed by atoms with Crippen molar-refractivity contribution in [2.75, 3.05) is 6.61 Å². The third kappa shape index (κ3) is 6.19. The van der Waals surface area contributed by atoms with Crippen LogP contribution in [0.15, 0.2) is 11.6 Å². The number of esters is 3. The van der Waals surface area contributed by atoms with E-state index in [-0.39, 0.29) is 65.2 Å². The predicted octanol–water partition coefficient (Wildman–Crippen LogP) is 4.89. The SMILES string of the molecule is CC(=O)N[C@H]1[C@H](OC(=O)CC[C@H](C)COC(C)=O)C[C@@H]2[C@H]3CC=C4C[C@@H](OC(C)=O)CC[C@]4(C)[C@@H]3CC[C@@]21C. The molecule has 4 aliphatic carbocycles. The van der Waals surface area contributed by atoms with Crippen LogP contribution < -0.4 is 5.32 Å². The number of amides is 1. The molecule has 8 heteroatoms. The van der Waals surface area contributed by atoms with Crippen molar-refractivity contribution < 1.29 is 33.4 Å². The molecule has 9 atom stereocenters. The molecule has 218 valence electrons.